The van der Waals surface area contributed by atoms with Crippen LogP contribution in [0.1, 0.15) is 0 Å². The Morgan fingerprint density at radius 1 is 0.548 bits per heavy atom. The fourth-order valence-corrected chi connectivity index (χ4v) is 4.32. The van der Waals surface area contributed by atoms with E-state index in [-0.39, 0.29) is 0 Å². The van der Waals surface area contributed by atoms with Crippen LogP contribution in [0.25, 0.3) is 43.6 Å². The van der Waals surface area contributed by atoms with Gasteiger partial charge in [0.15, 0.2) is 0 Å². The molecule has 1 heterocycles. The topological polar surface area (TPSA) is 24.9 Å². The first-order valence-electron chi connectivity index (χ1n) is 10.5. The summed E-state index contributed by atoms with van der Waals surface area (Å²) in [5.74, 6) is 0. The zero-order valence-electron chi connectivity index (χ0n) is 16.9. The van der Waals surface area contributed by atoms with Gasteiger partial charge in [0, 0.05) is 28.3 Å². The Hall–Kier alpha value is -4.17. The highest BCUT2D eigenvalue weighted by Gasteiger charge is 2.08. The normalized spacial score (nSPS) is 11.2. The van der Waals surface area contributed by atoms with Crippen LogP contribution in [-0.2, 0) is 0 Å². The molecule has 0 amide bonds. The van der Waals surface area contributed by atoms with Gasteiger partial charge < -0.3 is 5.32 Å². The lowest BCUT2D eigenvalue weighted by Gasteiger charge is -2.12. The van der Waals surface area contributed by atoms with Gasteiger partial charge in [-0.05, 0) is 63.7 Å². The second-order valence-electron chi connectivity index (χ2n) is 7.80. The summed E-state index contributed by atoms with van der Waals surface area (Å²) in [6.45, 7) is 0. The first kappa shape index (κ1) is 17.7. The highest BCUT2D eigenvalue weighted by atomic mass is 14.9. The lowest BCUT2D eigenvalue weighted by atomic mass is 9.98. The van der Waals surface area contributed by atoms with Crippen molar-refractivity contribution in [2.45, 2.75) is 0 Å². The molecule has 1 N–H and O–H groups in total. The van der Waals surface area contributed by atoms with Crippen molar-refractivity contribution in [3.8, 4) is 11.1 Å². The lowest BCUT2D eigenvalue weighted by molar-refractivity contribution is 1.41. The van der Waals surface area contributed by atoms with Crippen LogP contribution in [0.4, 0.5) is 11.4 Å². The number of anilines is 2. The standard InChI is InChI=1S/C29H20N2/c1-2-8-22-18-23(13-12-20(22)6-1)25-16-17-30-28-15-14-24(19-27(25)28)31-29-11-5-9-21-7-3-4-10-26(21)29/h1-19,31H. The first-order valence-corrected chi connectivity index (χ1v) is 10.5. The van der Waals surface area contributed by atoms with Crippen molar-refractivity contribution in [1.82, 2.24) is 4.98 Å². The maximum absolute atomic E-state index is 4.60. The lowest BCUT2D eigenvalue weighted by Crippen LogP contribution is -1.93. The zero-order valence-corrected chi connectivity index (χ0v) is 16.9. The number of aromatic nitrogens is 1. The smallest absolute Gasteiger partial charge is 0.0709 e. The Kier molecular flexibility index (Phi) is 4.14. The Labute approximate surface area is 180 Å². The summed E-state index contributed by atoms with van der Waals surface area (Å²) in [5, 5.41) is 9.70. The highest BCUT2D eigenvalue weighted by Crippen LogP contribution is 2.33. The molecule has 0 unspecified atom stereocenters. The van der Waals surface area contributed by atoms with Crippen molar-refractivity contribution in [1.29, 1.82) is 0 Å². The summed E-state index contributed by atoms with van der Waals surface area (Å²) < 4.78 is 0. The summed E-state index contributed by atoms with van der Waals surface area (Å²) in [5.41, 5.74) is 5.55. The number of benzene rings is 5. The van der Waals surface area contributed by atoms with Crippen LogP contribution in [-0.4, -0.2) is 4.98 Å². The fourth-order valence-electron chi connectivity index (χ4n) is 4.32. The monoisotopic (exact) mass is 396 g/mol. The minimum atomic E-state index is 0.995. The van der Waals surface area contributed by atoms with E-state index in [4.69, 9.17) is 0 Å². The Morgan fingerprint density at radius 3 is 2.29 bits per heavy atom. The number of nitrogens with one attached hydrogen (secondary N) is 1. The number of pyridine rings is 1. The van der Waals surface area contributed by atoms with E-state index in [0.717, 1.165) is 22.3 Å². The molecule has 0 aliphatic rings. The van der Waals surface area contributed by atoms with Gasteiger partial charge in [0.05, 0.1) is 5.52 Å². The van der Waals surface area contributed by atoms with Gasteiger partial charge in [0.25, 0.3) is 0 Å². The van der Waals surface area contributed by atoms with Crippen molar-refractivity contribution in [3.05, 3.63) is 115 Å². The van der Waals surface area contributed by atoms with E-state index in [0.29, 0.717) is 0 Å². The van der Waals surface area contributed by atoms with Crippen molar-refractivity contribution in [2.24, 2.45) is 0 Å². The van der Waals surface area contributed by atoms with Crippen molar-refractivity contribution in [3.63, 3.8) is 0 Å². The Balaban J connectivity index is 1.47. The Bertz CT molecular complexity index is 1560. The molecule has 0 radical (unpaired) electrons. The number of nitrogens with zero attached hydrogens (tertiary/aromatic N) is 1. The second kappa shape index (κ2) is 7.26. The van der Waals surface area contributed by atoms with Crippen LogP contribution >= 0.6 is 0 Å². The summed E-state index contributed by atoms with van der Waals surface area (Å²) in [6.07, 6.45) is 1.89. The van der Waals surface area contributed by atoms with Crippen LogP contribution in [0.2, 0.25) is 0 Å². The molecule has 0 saturated heterocycles. The molecule has 31 heavy (non-hydrogen) atoms. The third-order valence-electron chi connectivity index (χ3n) is 5.87. The first-order chi connectivity index (χ1) is 15.3. The summed E-state index contributed by atoms with van der Waals surface area (Å²) in [6, 6.07) is 38.4. The molecule has 0 spiro atoms. The largest absolute Gasteiger partial charge is 0.355 e. The molecule has 0 aliphatic carbocycles. The fraction of sp³-hybridized carbons (Fsp3) is 0. The molecule has 1 aromatic heterocycles. The molecular formula is C29H20N2. The van der Waals surface area contributed by atoms with Gasteiger partial charge in [0.1, 0.15) is 0 Å². The van der Waals surface area contributed by atoms with Crippen molar-refractivity contribution < 1.29 is 0 Å². The van der Waals surface area contributed by atoms with Gasteiger partial charge >= 0.3 is 0 Å². The summed E-state index contributed by atoms with van der Waals surface area (Å²) in [4.78, 5) is 4.60. The molecule has 0 fully saturated rings. The van der Waals surface area contributed by atoms with E-state index < -0.39 is 0 Å². The van der Waals surface area contributed by atoms with Crippen LogP contribution in [0.15, 0.2) is 115 Å². The maximum Gasteiger partial charge on any atom is 0.0709 e. The van der Waals surface area contributed by atoms with Gasteiger partial charge in [-0.1, -0.05) is 72.8 Å². The number of hydrogen-bond acceptors (Lipinski definition) is 2. The quantitative estimate of drug-likeness (QED) is 0.328. The van der Waals surface area contributed by atoms with E-state index in [1.54, 1.807) is 0 Å². The Morgan fingerprint density at radius 2 is 1.35 bits per heavy atom. The van der Waals surface area contributed by atoms with Gasteiger partial charge in [0.2, 0.25) is 0 Å². The van der Waals surface area contributed by atoms with Crippen LogP contribution in [0.5, 0.6) is 0 Å². The molecule has 0 bridgehead atoms. The molecule has 2 heteroatoms. The number of rotatable bonds is 3. The van der Waals surface area contributed by atoms with E-state index in [1.165, 1.54) is 32.7 Å². The minimum absolute atomic E-state index is 0.995. The number of fused-ring (bicyclic) bond motifs is 3. The van der Waals surface area contributed by atoms with Crippen molar-refractivity contribution in [2.75, 3.05) is 5.32 Å². The average Bonchev–Trinajstić information content (AvgIpc) is 2.83. The van der Waals surface area contributed by atoms with E-state index >= 15 is 0 Å². The predicted molar refractivity (Wildman–Crippen MR) is 132 cm³/mol. The van der Waals surface area contributed by atoms with Crippen LogP contribution < -0.4 is 5.32 Å². The van der Waals surface area contributed by atoms with Gasteiger partial charge in [-0.15, -0.1) is 0 Å². The van der Waals surface area contributed by atoms with E-state index in [1.807, 2.05) is 6.20 Å². The predicted octanol–water partition coefficient (Wildman–Crippen LogP) is 7.95. The molecule has 6 rings (SSSR count). The maximum atomic E-state index is 4.60. The van der Waals surface area contributed by atoms with E-state index in [2.05, 4.69) is 119 Å². The summed E-state index contributed by atoms with van der Waals surface area (Å²) in [7, 11) is 0. The summed E-state index contributed by atoms with van der Waals surface area (Å²) >= 11 is 0. The van der Waals surface area contributed by atoms with Crippen LogP contribution in [0, 0.1) is 0 Å². The SMILES string of the molecule is c1ccc2cc(-c3ccnc4ccc(Nc5cccc6ccccc56)cc34)ccc2c1. The molecule has 0 saturated carbocycles. The molecule has 2 nitrogen and oxygen atoms in total. The van der Waals surface area contributed by atoms with Gasteiger partial charge in [-0.3, -0.25) is 4.98 Å². The number of hydrogen-bond donors (Lipinski definition) is 1. The molecule has 5 aromatic carbocycles. The zero-order chi connectivity index (χ0) is 20.6. The van der Waals surface area contributed by atoms with E-state index in [9.17, 15) is 0 Å². The van der Waals surface area contributed by atoms with Crippen molar-refractivity contribution >= 4 is 43.8 Å². The highest BCUT2D eigenvalue weighted by molar-refractivity contribution is 6.00. The minimum Gasteiger partial charge on any atom is -0.355 e. The average molecular weight is 396 g/mol. The molecular weight excluding hydrogens is 376 g/mol. The molecule has 6 aromatic rings. The van der Waals surface area contributed by atoms with Gasteiger partial charge in [-0.2, -0.15) is 0 Å². The third-order valence-corrected chi connectivity index (χ3v) is 5.87. The second-order valence-corrected chi connectivity index (χ2v) is 7.80. The molecule has 0 atom stereocenters. The van der Waals surface area contributed by atoms with Crippen LogP contribution in [0.3, 0.4) is 0 Å². The third kappa shape index (κ3) is 3.19. The molecule has 0 aliphatic heterocycles. The molecule has 146 valence electrons. The van der Waals surface area contributed by atoms with Gasteiger partial charge in [-0.25, -0.2) is 0 Å².